The lowest BCUT2D eigenvalue weighted by atomic mass is 10.0. The lowest BCUT2D eigenvalue weighted by Gasteiger charge is -2.04. The molecule has 0 N–H and O–H groups in total. The molecule has 0 saturated carbocycles. The highest BCUT2D eigenvalue weighted by molar-refractivity contribution is 5.70. The van der Waals surface area contributed by atoms with E-state index in [1.165, 1.54) is 41.5 Å². The summed E-state index contributed by atoms with van der Waals surface area (Å²) in [6.45, 7) is 24.8. The molecule has 0 aliphatic carbocycles. The van der Waals surface area contributed by atoms with Gasteiger partial charge in [-0.1, -0.05) is 202 Å². The minimum Gasteiger partial charge on any atom is -0.0776 e. The first kappa shape index (κ1) is 46.1. The van der Waals surface area contributed by atoms with Crippen LogP contribution in [-0.2, 0) is 0 Å². The SMILES string of the molecule is C.C.CC.CC.CC.CCC.CCC.CCC.c1ccc(-c2ccc(-c3ccccc3)cc2)cc1. The van der Waals surface area contributed by atoms with E-state index >= 15 is 0 Å². The van der Waals surface area contributed by atoms with Crippen LogP contribution in [0.5, 0.6) is 0 Å². The van der Waals surface area contributed by atoms with Crippen molar-refractivity contribution in [3.8, 4) is 22.3 Å². The average Bonchev–Trinajstić information content (AvgIpc) is 2.90. The summed E-state index contributed by atoms with van der Waals surface area (Å²) in [6, 6.07) is 29.6. The van der Waals surface area contributed by atoms with Crippen LogP contribution in [0.4, 0.5) is 0 Å². The van der Waals surface area contributed by atoms with Crippen molar-refractivity contribution in [2.75, 3.05) is 0 Å². The van der Waals surface area contributed by atoms with Crippen molar-refractivity contribution in [1.82, 2.24) is 0 Å². The van der Waals surface area contributed by atoms with Crippen LogP contribution in [0.1, 0.15) is 117 Å². The van der Waals surface area contributed by atoms with Crippen LogP contribution in [0.25, 0.3) is 22.3 Å². The fourth-order valence-corrected chi connectivity index (χ4v) is 2.12. The molecule has 204 valence electrons. The predicted octanol–water partition coefficient (Wildman–Crippen LogP) is 13.6. The molecule has 0 spiro atoms. The summed E-state index contributed by atoms with van der Waals surface area (Å²) in [4.78, 5) is 0. The molecule has 0 atom stereocenters. The van der Waals surface area contributed by atoms with Crippen molar-refractivity contribution in [3.05, 3.63) is 84.9 Å². The maximum Gasteiger partial charge on any atom is -0.0184 e. The largest absolute Gasteiger partial charge is 0.0776 e. The second kappa shape index (κ2) is 41.9. The van der Waals surface area contributed by atoms with Crippen LogP contribution in [0.15, 0.2) is 84.9 Å². The van der Waals surface area contributed by atoms with E-state index in [9.17, 15) is 0 Å². The summed E-state index contributed by atoms with van der Waals surface area (Å²) in [5, 5.41) is 0. The number of hydrogen-bond acceptors (Lipinski definition) is 0. The Morgan fingerprint density at radius 3 is 0.629 bits per heavy atom. The van der Waals surface area contributed by atoms with E-state index in [0.29, 0.717) is 0 Å². The average molecular weight is 485 g/mol. The Morgan fingerprint density at radius 1 is 0.314 bits per heavy atom. The predicted molar refractivity (Wildman–Crippen MR) is 173 cm³/mol. The molecule has 3 rings (SSSR count). The van der Waals surface area contributed by atoms with Crippen molar-refractivity contribution in [3.63, 3.8) is 0 Å². The topological polar surface area (TPSA) is 0 Å². The van der Waals surface area contributed by atoms with Crippen molar-refractivity contribution in [2.45, 2.75) is 117 Å². The van der Waals surface area contributed by atoms with E-state index in [2.05, 4.69) is 114 Å². The maximum absolute atomic E-state index is 2.18. The van der Waals surface area contributed by atoms with Gasteiger partial charge in [0.25, 0.3) is 0 Å². The molecule has 0 heteroatoms. The number of hydrogen-bond donors (Lipinski definition) is 0. The third-order valence-corrected chi connectivity index (χ3v) is 3.10. The van der Waals surface area contributed by atoms with Crippen molar-refractivity contribution in [1.29, 1.82) is 0 Å². The summed E-state index contributed by atoms with van der Waals surface area (Å²) in [5.74, 6) is 0. The first-order valence-corrected chi connectivity index (χ1v) is 13.4. The molecule has 0 saturated heterocycles. The third kappa shape index (κ3) is 27.8. The summed E-state index contributed by atoms with van der Waals surface area (Å²) >= 11 is 0. The van der Waals surface area contributed by atoms with E-state index in [4.69, 9.17) is 0 Å². The van der Waals surface area contributed by atoms with Gasteiger partial charge in [0.05, 0.1) is 0 Å². The lowest BCUT2D eigenvalue weighted by molar-refractivity contribution is 1.09. The van der Waals surface area contributed by atoms with Crippen LogP contribution in [0.2, 0.25) is 0 Å². The monoisotopic (exact) mass is 485 g/mol. The smallest absolute Gasteiger partial charge is 0.0184 e. The first-order valence-electron chi connectivity index (χ1n) is 13.4. The minimum absolute atomic E-state index is 0. The number of benzene rings is 3. The van der Waals surface area contributed by atoms with Crippen LogP contribution >= 0.6 is 0 Å². The van der Waals surface area contributed by atoms with Crippen LogP contribution in [0.3, 0.4) is 0 Å². The summed E-state index contributed by atoms with van der Waals surface area (Å²) in [7, 11) is 0. The van der Waals surface area contributed by atoms with Crippen molar-refractivity contribution in [2.24, 2.45) is 0 Å². The molecule has 0 heterocycles. The van der Waals surface area contributed by atoms with Gasteiger partial charge in [0.1, 0.15) is 0 Å². The van der Waals surface area contributed by atoms with Gasteiger partial charge in [0, 0.05) is 0 Å². The fourth-order valence-electron chi connectivity index (χ4n) is 2.12. The van der Waals surface area contributed by atoms with Crippen LogP contribution in [-0.4, -0.2) is 0 Å². The van der Waals surface area contributed by atoms with E-state index in [-0.39, 0.29) is 14.9 Å². The molecule has 0 aliphatic heterocycles. The van der Waals surface area contributed by atoms with Gasteiger partial charge in [-0.2, -0.15) is 0 Å². The Kier molecular flexibility index (Phi) is 55.1. The fraction of sp³-hybridized carbons (Fsp3) is 0.486. The van der Waals surface area contributed by atoms with Crippen molar-refractivity contribution >= 4 is 0 Å². The van der Waals surface area contributed by atoms with E-state index in [1.54, 1.807) is 0 Å². The molecule has 0 aromatic heterocycles. The Hall–Kier alpha value is -2.34. The summed E-state index contributed by atoms with van der Waals surface area (Å²) in [5.41, 5.74) is 5.04. The van der Waals surface area contributed by atoms with Crippen molar-refractivity contribution < 1.29 is 0 Å². The minimum atomic E-state index is 0. The van der Waals surface area contributed by atoms with E-state index in [0.717, 1.165) is 0 Å². The number of rotatable bonds is 2. The second-order valence-electron chi connectivity index (χ2n) is 6.43. The first-order chi connectivity index (χ1) is 16.2. The molecule has 0 amide bonds. The molecule has 0 bridgehead atoms. The van der Waals surface area contributed by atoms with Gasteiger partial charge in [-0.3, -0.25) is 0 Å². The van der Waals surface area contributed by atoms with Gasteiger partial charge in [-0.15, -0.1) is 0 Å². The van der Waals surface area contributed by atoms with Gasteiger partial charge in [0.2, 0.25) is 0 Å². The molecular formula is C35H64. The van der Waals surface area contributed by atoms with E-state index < -0.39 is 0 Å². The zero-order chi connectivity index (χ0) is 26.3. The lowest BCUT2D eigenvalue weighted by Crippen LogP contribution is -1.79. The Bertz CT molecular complexity index is 588. The molecule has 0 radical (unpaired) electrons. The summed E-state index contributed by atoms with van der Waals surface area (Å²) < 4.78 is 0. The molecule has 3 aromatic carbocycles. The molecule has 0 fully saturated rings. The molecule has 3 aromatic rings. The second-order valence-corrected chi connectivity index (χ2v) is 6.43. The van der Waals surface area contributed by atoms with Gasteiger partial charge in [0.15, 0.2) is 0 Å². The molecular weight excluding hydrogens is 420 g/mol. The maximum atomic E-state index is 2.18. The molecule has 0 unspecified atom stereocenters. The van der Waals surface area contributed by atoms with E-state index in [1.807, 2.05) is 53.7 Å². The Balaban J connectivity index is -0.000000105. The zero-order valence-electron chi connectivity index (χ0n) is 24.2. The highest BCUT2D eigenvalue weighted by atomic mass is 14.0. The normalized spacial score (nSPS) is 7.31. The molecule has 0 aliphatic rings. The van der Waals surface area contributed by atoms with Gasteiger partial charge < -0.3 is 0 Å². The van der Waals surface area contributed by atoms with Gasteiger partial charge in [-0.25, -0.2) is 0 Å². The zero-order valence-corrected chi connectivity index (χ0v) is 24.2. The van der Waals surface area contributed by atoms with Gasteiger partial charge in [-0.05, 0) is 22.3 Å². The highest BCUT2D eigenvalue weighted by Gasteiger charge is 1.98. The van der Waals surface area contributed by atoms with Gasteiger partial charge >= 0.3 is 0 Å². The molecule has 0 nitrogen and oxygen atoms in total. The quantitative estimate of drug-likeness (QED) is 0.339. The summed E-state index contributed by atoms with van der Waals surface area (Å²) in [6.07, 6.45) is 3.75. The standard InChI is InChI=1S/C18H14.3C3H8.3C2H6.2CH4/c1-3-7-15(8-4-1)17-11-13-18(14-12-17)16-9-5-2-6-10-16;3*1-3-2;3*1-2;;/h1-14H;3*3H2,1-2H3;3*1-2H3;2*1H4. The highest BCUT2D eigenvalue weighted by Crippen LogP contribution is 2.24. The molecule has 35 heavy (non-hydrogen) atoms. The third-order valence-electron chi connectivity index (χ3n) is 3.10. The van der Waals surface area contributed by atoms with Crippen LogP contribution in [0, 0.1) is 0 Å². The Labute approximate surface area is 224 Å². The van der Waals surface area contributed by atoms with Crippen LogP contribution < -0.4 is 0 Å². The Morgan fingerprint density at radius 2 is 0.457 bits per heavy atom.